The molecule has 1 fully saturated rings. The predicted molar refractivity (Wildman–Crippen MR) is 70.0 cm³/mol. The molecule has 1 heterocycles. The molecule has 0 radical (unpaired) electrons. The van der Waals surface area contributed by atoms with Crippen LogP contribution in [0.5, 0.6) is 0 Å². The van der Waals surface area contributed by atoms with E-state index in [1.54, 1.807) is 4.90 Å². The number of hydrogen-bond donors (Lipinski definition) is 1. The third-order valence-electron chi connectivity index (χ3n) is 2.49. The van der Waals surface area contributed by atoms with Gasteiger partial charge in [-0.05, 0) is 12.1 Å². The second kappa shape index (κ2) is 6.95. The van der Waals surface area contributed by atoms with Gasteiger partial charge in [0.2, 0.25) is 0 Å². The average molecular weight is 251 g/mol. The minimum atomic E-state index is -0.0784. The van der Waals surface area contributed by atoms with Gasteiger partial charge >= 0.3 is 0 Å². The number of rotatable bonds is 0. The Morgan fingerprint density at radius 2 is 1.82 bits per heavy atom. The Balaban J connectivity index is 0.00000144. The van der Waals surface area contributed by atoms with Crippen molar-refractivity contribution in [3.05, 3.63) is 35.9 Å². The molecule has 3 nitrogen and oxygen atoms in total. The minimum Gasteiger partial charge on any atom is -0.329 e. The second-order valence-electron chi connectivity index (χ2n) is 3.66. The van der Waals surface area contributed by atoms with Gasteiger partial charge in [0, 0.05) is 37.7 Å². The Kier molecular flexibility index (Phi) is 5.55. The molecule has 0 bridgehead atoms. The van der Waals surface area contributed by atoms with Gasteiger partial charge < -0.3 is 10.2 Å². The van der Waals surface area contributed by atoms with E-state index in [4.69, 9.17) is 0 Å². The molecule has 17 heavy (non-hydrogen) atoms. The Morgan fingerprint density at radius 1 is 1.18 bits per heavy atom. The van der Waals surface area contributed by atoms with Gasteiger partial charge in [-0.25, -0.2) is 0 Å². The molecule has 0 aromatic heterocycles. The monoisotopic (exact) mass is 250 g/mol. The standard InChI is InChI=1S/C13H14N2O.ClH/c16-13(15-10-8-14-9-11-15)7-6-12-4-2-1-3-5-12;/h1-5,14H,8-11H2;1H. The lowest BCUT2D eigenvalue weighted by molar-refractivity contribution is -0.125. The van der Waals surface area contributed by atoms with Crippen LogP contribution in [0.1, 0.15) is 5.56 Å². The summed E-state index contributed by atoms with van der Waals surface area (Å²) in [6, 6.07) is 9.57. The third-order valence-corrected chi connectivity index (χ3v) is 2.49. The molecule has 0 aliphatic carbocycles. The lowest BCUT2D eigenvalue weighted by Gasteiger charge is -2.25. The number of benzene rings is 1. The van der Waals surface area contributed by atoms with Crippen LogP contribution >= 0.6 is 12.4 Å². The van der Waals surface area contributed by atoms with Crippen molar-refractivity contribution in [1.82, 2.24) is 10.2 Å². The van der Waals surface area contributed by atoms with Gasteiger partial charge in [0.25, 0.3) is 5.91 Å². The van der Waals surface area contributed by atoms with Crippen LogP contribution in [0.15, 0.2) is 30.3 Å². The SMILES string of the molecule is Cl.O=C(C#Cc1ccccc1)N1CCNCC1. The summed E-state index contributed by atoms with van der Waals surface area (Å²) in [4.78, 5) is 13.5. The van der Waals surface area contributed by atoms with Crippen molar-refractivity contribution >= 4 is 18.3 Å². The summed E-state index contributed by atoms with van der Waals surface area (Å²) in [7, 11) is 0. The van der Waals surface area contributed by atoms with Gasteiger partial charge in [-0.15, -0.1) is 12.4 Å². The Bertz CT molecular complexity index is 416. The number of piperazine rings is 1. The van der Waals surface area contributed by atoms with Crippen molar-refractivity contribution in [1.29, 1.82) is 0 Å². The highest BCUT2D eigenvalue weighted by Crippen LogP contribution is 1.96. The van der Waals surface area contributed by atoms with Gasteiger partial charge in [0.15, 0.2) is 0 Å². The summed E-state index contributed by atoms with van der Waals surface area (Å²) in [6.45, 7) is 3.22. The van der Waals surface area contributed by atoms with Gasteiger partial charge in [-0.3, -0.25) is 4.79 Å². The zero-order chi connectivity index (χ0) is 11.2. The summed E-state index contributed by atoms with van der Waals surface area (Å²) >= 11 is 0. The van der Waals surface area contributed by atoms with Crippen molar-refractivity contribution in [2.24, 2.45) is 0 Å². The van der Waals surface area contributed by atoms with E-state index >= 15 is 0 Å². The average Bonchev–Trinajstić information content (AvgIpc) is 2.38. The number of hydrogen-bond acceptors (Lipinski definition) is 2. The van der Waals surface area contributed by atoms with Crippen LogP contribution in [0.4, 0.5) is 0 Å². The molecular weight excluding hydrogens is 236 g/mol. The van der Waals surface area contributed by atoms with Crippen molar-refractivity contribution in [3.63, 3.8) is 0 Å². The topological polar surface area (TPSA) is 32.3 Å². The first-order chi connectivity index (χ1) is 7.86. The molecule has 1 aliphatic heterocycles. The number of carbonyl (C=O) groups excluding carboxylic acids is 1. The van der Waals surface area contributed by atoms with Gasteiger partial charge in [-0.1, -0.05) is 24.1 Å². The molecule has 2 rings (SSSR count). The number of amides is 1. The maximum atomic E-state index is 11.7. The van der Waals surface area contributed by atoms with Crippen LogP contribution in [0.3, 0.4) is 0 Å². The Hall–Kier alpha value is -1.50. The summed E-state index contributed by atoms with van der Waals surface area (Å²) in [5.41, 5.74) is 0.881. The molecule has 0 spiro atoms. The summed E-state index contributed by atoms with van der Waals surface area (Å²) in [5.74, 6) is 5.48. The lowest BCUT2D eigenvalue weighted by atomic mass is 10.2. The minimum absolute atomic E-state index is 0. The van der Waals surface area contributed by atoms with E-state index in [-0.39, 0.29) is 18.3 Å². The quantitative estimate of drug-likeness (QED) is 0.694. The lowest BCUT2D eigenvalue weighted by Crippen LogP contribution is -2.46. The third kappa shape index (κ3) is 4.10. The fourth-order valence-electron chi connectivity index (χ4n) is 1.59. The van der Waals surface area contributed by atoms with Crippen LogP contribution in [-0.2, 0) is 4.79 Å². The van der Waals surface area contributed by atoms with Crippen LogP contribution in [0.25, 0.3) is 0 Å². The van der Waals surface area contributed by atoms with E-state index in [1.165, 1.54) is 0 Å². The number of nitrogens with zero attached hydrogens (tertiary/aromatic N) is 1. The number of carbonyl (C=O) groups is 1. The van der Waals surface area contributed by atoms with Crippen molar-refractivity contribution < 1.29 is 4.79 Å². The first-order valence-corrected chi connectivity index (χ1v) is 5.43. The van der Waals surface area contributed by atoms with Crippen molar-refractivity contribution in [2.75, 3.05) is 26.2 Å². The summed E-state index contributed by atoms with van der Waals surface area (Å²) in [6.07, 6.45) is 0. The molecule has 1 aromatic carbocycles. The Morgan fingerprint density at radius 3 is 2.47 bits per heavy atom. The highest BCUT2D eigenvalue weighted by molar-refractivity contribution is 5.94. The van der Waals surface area contributed by atoms with Gasteiger partial charge in [0.1, 0.15) is 0 Å². The van der Waals surface area contributed by atoms with Crippen LogP contribution in [-0.4, -0.2) is 37.0 Å². The molecule has 1 N–H and O–H groups in total. The molecule has 4 heteroatoms. The summed E-state index contributed by atoms with van der Waals surface area (Å²) in [5, 5.41) is 3.20. The molecule has 1 saturated heterocycles. The molecule has 0 atom stereocenters. The van der Waals surface area contributed by atoms with Crippen LogP contribution in [0.2, 0.25) is 0 Å². The molecule has 0 saturated carbocycles. The molecular formula is C13H15ClN2O. The van der Waals surface area contributed by atoms with E-state index in [1.807, 2.05) is 30.3 Å². The number of halogens is 1. The fourth-order valence-corrected chi connectivity index (χ4v) is 1.59. The van der Waals surface area contributed by atoms with E-state index in [9.17, 15) is 4.79 Å². The zero-order valence-corrected chi connectivity index (χ0v) is 10.3. The van der Waals surface area contributed by atoms with Gasteiger partial charge in [-0.2, -0.15) is 0 Å². The maximum Gasteiger partial charge on any atom is 0.298 e. The van der Waals surface area contributed by atoms with E-state index < -0.39 is 0 Å². The molecule has 0 unspecified atom stereocenters. The molecule has 1 aromatic rings. The second-order valence-corrected chi connectivity index (χ2v) is 3.66. The van der Waals surface area contributed by atoms with E-state index in [0.717, 1.165) is 31.7 Å². The molecule has 90 valence electrons. The number of nitrogens with one attached hydrogen (secondary N) is 1. The van der Waals surface area contributed by atoms with Crippen molar-refractivity contribution in [2.45, 2.75) is 0 Å². The van der Waals surface area contributed by atoms with Crippen LogP contribution in [0, 0.1) is 11.8 Å². The Labute approximate surface area is 108 Å². The molecule has 1 aliphatic rings. The highest BCUT2D eigenvalue weighted by Gasteiger charge is 2.13. The molecule has 1 amide bonds. The summed E-state index contributed by atoms with van der Waals surface area (Å²) < 4.78 is 0. The highest BCUT2D eigenvalue weighted by atomic mass is 35.5. The fraction of sp³-hybridized carbons (Fsp3) is 0.308. The van der Waals surface area contributed by atoms with Crippen molar-refractivity contribution in [3.8, 4) is 11.8 Å². The maximum absolute atomic E-state index is 11.7. The van der Waals surface area contributed by atoms with E-state index in [2.05, 4.69) is 17.2 Å². The van der Waals surface area contributed by atoms with E-state index in [0.29, 0.717) is 0 Å². The first kappa shape index (κ1) is 13.6. The predicted octanol–water partition coefficient (Wildman–Crippen LogP) is 0.892. The van der Waals surface area contributed by atoms with Crippen LogP contribution < -0.4 is 5.32 Å². The van der Waals surface area contributed by atoms with Gasteiger partial charge in [0.05, 0.1) is 0 Å². The zero-order valence-electron chi connectivity index (χ0n) is 9.48. The first-order valence-electron chi connectivity index (χ1n) is 5.43. The smallest absolute Gasteiger partial charge is 0.298 e. The normalized spacial score (nSPS) is 14.2. The largest absolute Gasteiger partial charge is 0.329 e.